The van der Waals surface area contributed by atoms with Crippen LogP contribution in [-0.2, 0) is 11.3 Å². The molecule has 0 bridgehead atoms. The Morgan fingerprint density at radius 2 is 2.26 bits per heavy atom. The molecule has 19 heavy (non-hydrogen) atoms. The monoisotopic (exact) mass is 275 g/mol. The molecular weight excluding hydrogens is 258 g/mol. The number of likely N-dealkylation sites (tertiary alicyclic amines) is 1. The number of carbonyl (C=O) groups is 1. The highest BCUT2D eigenvalue weighted by molar-refractivity contribution is 7.19. The maximum atomic E-state index is 11.2. The van der Waals surface area contributed by atoms with E-state index in [1.165, 1.54) is 15.0 Å². The number of carboxylic acid groups (broad SMARTS) is 1. The summed E-state index contributed by atoms with van der Waals surface area (Å²) in [5.74, 6) is -0.675. The average Bonchev–Trinajstić information content (AvgIpc) is 2.93. The zero-order chi connectivity index (χ0) is 13.5. The lowest BCUT2D eigenvalue weighted by atomic mass is 9.90. The first-order valence-corrected chi connectivity index (χ1v) is 7.32. The molecule has 1 aliphatic heterocycles. The summed E-state index contributed by atoms with van der Waals surface area (Å²) in [4.78, 5) is 14.8. The van der Waals surface area contributed by atoms with Gasteiger partial charge in [-0.2, -0.15) is 0 Å². The number of fused-ring (bicyclic) bond motifs is 1. The van der Waals surface area contributed by atoms with Crippen LogP contribution in [0, 0.1) is 5.41 Å². The van der Waals surface area contributed by atoms with E-state index in [-0.39, 0.29) is 0 Å². The van der Waals surface area contributed by atoms with Gasteiger partial charge in [0.1, 0.15) is 0 Å². The van der Waals surface area contributed by atoms with Crippen LogP contribution in [0.4, 0.5) is 0 Å². The maximum absolute atomic E-state index is 11.2. The van der Waals surface area contributed by atoms with E-state index in [1.807, 2.05) is 6.92 Å². The number of rotatable bonds is 3. The molecule has 1 saturated heterocycles. The molecule has 100 valence electrons. The Balaban J connectivity index is 1.74. The number of thiophene rings is 1. The summed E-state index contributed by atoms with van der Waals surface area (Å²) in [5, 5.41) is 10.5. The maximum Gasteiger partial charge on any atom is 0.310 e. The molecule has 1 aromatic heterocycles. The van der Waals surface area contributed by atoms with Crippen LogP contribution in [0.15, 0.2) is 30.3 Å². The number of aliphatic carboxylic acids is 1. The van der Waals surface area contributed by atoms with E-state index < -0.39 is 11.4 Å². The quantitative estimate of drug-likeness (QED) is 0.935. The SMILES string of the molecule is CC1(C(=O)O)CCN(Cc2cc3ccccc3s2)C1. The van der Waals surface area contributed by atoms with Crippen LogP contribution in [0.25, 0.3) is 10.1 Å². The molecule has 0 radical (unpaired) electrons. The molecule has 1 aliphatic rings. The molecular formula is C15H17NO2S. The highest BCUT2D eigenvalue weighted by atomic mass is 32.1. The van der Waals surface area contributed by atoms with Crippen molar-refractivity contribution >= 4 is 27.4 Å². The fourth-order valence-electron chi connectivity index (χ4n) is 2.70. The van der Waals surface area contributed by atoms with Crippen LogP contribution < -0.4 is 0 Å². The van der Waals surface area contributed by atoms with E-state index in [0.717, 1.165) is 19.5 Å². The second kappa shape index (κ2) is 4.62. The summed E-state index contributed by atoms with van der Waals surface area (Å²) in [5.41, 5.74) is -0.573. The predicted molar refractivity (Wildman–Crippen MR) is 77.5 cm³/mol. The molecule has 1 fully saturated rings. The van der Waals surface area contributed by atoms with Gasteiger partial charge in [-0.05, 0) is 37.4 Å². The van der Waals surface area contributed by atoms with Crippen molar-refractivity contribution in [3.05, 3.63) is 35.2 Å². The second-order valence-electron chi connectivity index (χ2n) is 5.58. The molecule has 1 aromatic carbocycles. The van der Waals surface area contributed by atoms with E-state index in [9.17, 15) is 9.90 Å². The van der Waals surface area contributed by atoms with Crippen molar-refractivity contribution in [2.75, 3.05) is 13.1 Å². The minimum atomic E-state index is -0.675. The van der Waals surface area contributed by atoms with E-state index in [2.05, 4.69) is 35.2 Å². The van der Waals surface area contributed by atoms with Gasteiger partial charge < -0.3 is 5.11 Å². The zero-order valence-electron chi connectivity index (χ0n) is 10.9. The van der Waals surface area contributed by atoms with Crippen LogP contribution in [0.3, 0.4) is 0 Å². The van der Waals surface area contributed by atoms with Crippen molar-refractivity contribution in [1.29, 1.82) is 0 Å². The van der Waals surface area contributed by atoms with Gasteiger partial charge in [0.25, 0.3) is 0 Å². The molecule has 0 amide bonds. The van der Waals surface area contributed by atoms with Crippen LogP contribution in [-0.4, -0.2) is 29.1 Å². The van der Waals surface area contributed by atoms with Gasteiger partial charge in [-0.15, -0.1) is 11.3 Å². The number of carboxylic acids is 1. The van der Waals surface area contributed by atoms with Gasteiger partial charge in [0.2, 0.25) is 0 Å². The lowest BCUT2D eigenvalue weighted by Gasteiger charge is -2.19. The first-order valence-electron chi connectivity index (χ1n) is 6.50. The van der Waals surface area contributed by atoms with Gasteiger partial charge in [0.05, 0.1) is 5.41 Å². The number of hydrogen-bond acceptors (Lipinski definition) is 3. The van der Waals surface area contributed by atoms with E-state index in [1.54, 1.807) is 11.3 Å². The molecule has 1 atom stereocenters. The lowest BCUT2D eigenvalue weighted by molar-refractivity contribution is -0.147. The number of nitrogens with zero attached hydrogens (tertiary/aromatic N) is 1. The number of hydrogen-bond donors (Lipinski definition) is 1. The smallest absolute Gasteiger partial charge is 0.310 e. The fraction of sp³-hybridized carbons (Fsp3) is 0.400. The summed E-state index contributed by atoms with van der Waals surface area (Å²) >= 11 is 1.80. The Morgan fingerprint density at radius 1 is 1.47 bits per heavy atom. The molecule has 0 spiro atoms. The highest BCUT2D eigenvalue weighted by Gasteiger charge is 2.40. The van der Waals surface area contributed by atoms with Gasteiger partial charge in [0.15, 0.2) is 0 Å². The fourth-order valence-corrected chi connectivity index (χ4v) is 3.81. The molecule has 1 unspecified atom stereocenters. The molecule has 2 aromatic rings. The normalized spacial score (nSPS) is 24.1. The van der Waals surface area contributed by atoms with Crippen molar-refractivity contribution in [2.45, 2.75) is 19.9 Å². The first kappa shape index (κ1) is 12.6. The van der Waals surface area contributed by atoms with Gasteiger partial charge in [0, 0.05) is 22.7 Å². The Hall–Kier alpha value is -1.39. The second-order valence-corrected chi connectivity index (χ2v) is 6.75. The summed E-state index contributed by atoms with van der Waals surface area (Å²) in [6.45, 7) is 4.23. The summed E-state index contributed by atoms with van der Waals surface area (Å²) < 4.78 is 1.30. The molecule has 3 rings (SSSR count). The van der Waals surface area contributed by atoms with Crippen molar-refractivity contribution < 1.29 is 9.90 Å². The Labute approximate surface area is 116 Å². The van der Waals surface area contributed by atoms with E-state index in [0.29, 0.717) is 6.54 Å². The van der Waals surface area contributed by atoms with Crippen LogP contribution in [0.2, 0.25) is 0 Å². The molecule has 3 nitrogen and oxygen atoms in total. The van der Waals surface area contributed by atoms with E-state index >= 15 is 0 Å². The van der Waals surface area contributed by atoms with Crippen molar-refractivity contribution in [1.82, 2.24) is 4.90 Å². The number of benzene rings is 1. The minimum Gasteiger partial charge on any atom is -0.481 e. The summed E-state index contributed by atoms with van der Waals surface area (Å²) in [6.07, 6.45) is 0.743. The molecule has 4 heteroatoms. The topological polar surface area (TPSA) is 40.5 Å². The minimum absolute atomic E-state index is 0.573. The van der Waals surface area contributed by atoms with Gasteiger partial charge in [-0.25, -0.2) is 0 Å². The van der Waals surface area contributed by atoms with E-state index in [4.69, 9.17) is 0 Å². The summed E-state index contributed by atoms with van der Waals surface area (Å²) in [6, 6.07) is 10.6. The first-order chi connectivity index (χ1) is 9.07. The van der Waals surface area contributed by atoms with Gasteiger partial charge >= 0.3 is 5.97 Å². The average molecular weight is 275 g/mol. The highest BCUT2D eigenvalue weighted by Crippen LogP contribution is 2.33. The molecule has 2 heterocycles. The standard InChI is InChI=1S/C15H17NO2S/c1-15(14(17)18)6-7-16(10-15)9-12-8-11-4-2-3-5-13(11)19-12/h2-5,8H,6-7,9-10H2,1H3,(H,17,18). The Kier molecular flexibility index (Phi) is 3.07. The van der Waals surface area contributed by atoms with Crippen molar-refractivity contribution in [3.63, 3.8) is 0 Å². The third-order valence-corrected chi connectivity index (χ3v) is 5.03. The third kappa shape index (κ3) is 2.38. The third-order valence-electron chi connectivity index (χ3n) is 3.92. The van der Waals surface area contributed by atoms with Crippen molar-refractivity contribution in [2.24, 2.45) is 5.41 Å². The largest absolute Gasteiger partial charge is 0.481 e. The van der Waals surface area contributed by atoms with Gasteiger partial charge in [-0.1, -0.05) is 18.2 Å². The molecule has 0 saturated carbocycles. The zero-order valence-corrected chi connectivity index (χ0v) is 11.7. The van der Waals surface area contributed by atoms with Crippen LogP contribution in [0.1, 0.15) is 18.2 Å². The van der Waals surface area contributed by atoms with Gasteiger partial charge in [-0.3, -0.25) is 9.69 Å². The Bertz CT molecular complexity index is 588. The van der Waals surface area contributed by atoms with Crippen molar-refractivity contribution in [3.8, 4) is 0 Å². The van der Waals surface area contributed by atoms with Crippen LogP contribution in [0.5, 0.6) is 0 Å². The predicted octanol–water partition coefficient (Wildman–Crippen LogP) is 3.20. The molecule has 1 N–H and O–H groups in total. The summed E-state index contributed by atoms with van der Waals surface area (Å²) in [7, 11) is 0. The molecule has 0 aliphatic carbocycles. The lowest BCUT2D eigenvalue weighted by Crippen LogP contribution is -2.31. The Morgan fingerprint density at radius 3 is 2.95 bits per heavy atom. The van der Waals surface area contributed by atoms with Crippen LogP contribution >= 0.6 is 11.3 Å².